The predicted octanol–water partition coefficient (Wildman–Crippen LogP) is 3.46. The van der Waals surface area contributed by atoms with Crippen LogP contribution in [0.1, 0.15) is 24.9 Å². The molecule has 4 nitrogen and oxygen atoms in total. The Balaban J connectivity index is 2.37. The zero-order chi connectivity index (χ0) is 13.3. The van der Waals surface area contributed by atoms with Crippen LogP contribution >= 0.6 is 31.9 Å². The normalized spacial score (nSPS) is 19.3. The van der Waals surface area contributed by atoms with E-state index in [1.165, 1.54) is 0 Å². The van der Waals surface area contributed by atoms with Gasteiger partial charge in [0.15, 0.2) is 0 Å². The van der Waals surface area contributed by atoms with Gasteiger partial charge in [-0.1, -0.05) is 13.0 Å². The zero-order valence-corrected chi connectivity index (χ0v) is 13.0. The van der Waals surface area contributed by atoms with Gasteiger partial charge in [-0.3, -0.25) is 0 Å². The fourth-order valence-corrected chi connectivity index (χ4v) is 2.65. The summed E-state index contributed by atoms with van der Waals surface area (Å²) >= 11 is 6.88. The molecular formula is C12H13Br2N3O. The van der Waals surface area contributed by atoms with Gasteiger partial charge in [-0.15, -0.1) is 0 Å². The summed E-state index contributed by atoms with van der Waals surface area (Å²) in [5.41, 5.74) is 6.83. The number of hydrogen-bond acceptors (Lipinski definition) is 2. The van der Waals surface area contributed by atoms with E-state index in [2.05, 4.69) is 36.9 Å². The number of urea groups is 1. The Morgan fingerprint density at radius 1 is 1.39 bits per heavy atom. The van der Waals surface area contributed by atoms with Gasteiger partial charge in [-0.05, 0) is 56.0 Å². The minimum absolute atomic E-state index is 0.248. The lowest BCUT2D eigenvalue weighted by molar-refractivity contribution is 0.206. The fourth-order valence-electron chi connectivity index (χ4n) is 2.00. The van der Waals surface area contributed by atoms with Gasteiger partial charge in [0, 0.05) is 15.5 Å². The third-order valence-corrected chi connectivity index (χ3v) is 4.67. The highest BCUT2D eigenvalue weighted by molar-refractivity contribution is 9.13. The van der Waals surface area contributed by atoms with Gasteiger partial charge < -0.3 is 10.6 Å². The van der Waals surface area contributed by atoms with E-state index in [-0.39, 0.29) is 12.1 Å². The van der Waals surface area contributed by atoms with E-state index in [4.69, 9.17) is 5.73 Å². The van der Waals surface area contributed by atoms with Crippen LogP contribution in [-0.2, 0) is 0 Å². The number of halogens is 2. The van der Waals surface area contributed by atoms with Crippen LogP contribution in [0.3, 0.4) is 0 Å². The second kappa shape index (κ2) is 5.40. The number of nitrogens with zero attached hydrogens (tertiary/aromatic N) is 2. The summed E-state index contributed by atoms with van der Waals surface area (Å²) in [6, 6.07) is 5.33. The number of rotatable bonds is 3. The molecule has 2 amide bonds. The van der Waals surface area contributed by atoms with Crippen molar-refractivity contribution in [3.05, 3.63) is 32.7 Å². The first-order valence-electron chi connectivity index (χ1n) is 5.64. The van der Waals surface area contributed by atoms with Crippen molar-refractivity contribution in [2.45, 2.75) is 19.4 Å². The first-order chi connectivity index (χ1) is 8.54. The highest BCUT2D eigenvalue weighted by Gasteiger charge is 2.33. The van der Waals surface area contributed by atoms with Crippen molar-refractivity contribution in [2.24, 2.45) is 10.7 Å². The van der Waals surface area contributed by atoms with Crippen molar-refractivity contribution in [1.82, 2.24) is 4.90 Å². The summed E-state index contributed by atoms with van der Waals surface area (Å²) in [6.45, 7) is 2.68. The SMILES string of the molecule is CCCN1C(=O)N=C(N)C1c1ccc(Br)c(Br)c1. The monoisotopic (exact) mass is 373 g/mol. The number of amides is 2. The molecule has 1 aliphatic heterocycles. The lowest BCUT2D eigenvalue weighted by Crippen LogP contribution is -2.33. The number of hydrogen-bond donors (Lipinski definition) is 1. The van der Waals surface area contributed by atoms with Crippen LogP contribution in [0.2, 0.25) is 0 Å². The lowest BCUT2D eigenvalue weighted by atomic mass is 10.1. The van der Waals surface area contributed by atoms with Crippen molar-refractivity contribution in [1.29, 1.82) is 0 Å². The number of benzene rings is 1. The van der Waals surface area contributed by atoms with Crippen molar-refractivity contribution in [3.63, 3.8) is 0 Å². The first-order valence-corrected chi connectivity index (χ1v) is 7.22. The molecule has 0 fully saturated rings. The molecule has 18 heavy (non-hydrogen) atoms. The van der Waals surface area contributed by atoms with E-state index in [9.17, 15) is 4.79 Å². The third kappa shape index (κ3) is 2.44. The summed E-state index contributed by atoms with van der Waals surface area (Å²) in [5, 5.41) is 0. The van der Waals surface area contributed by atoms with Gasteiger partial charge in [-0.2, -0.15) is 4.99 Å². The van der Waals surface area contributed by atoms with Crippen molar-refractivity contribution in [3.8, 4) is 0 Å². The maximum atomic E-state index is 11.7. The Kier molecular flexibility index (Phi) is 4.07. The van der Waals surface area contributed by atoms with Crippen LogP contribution < -0.4 is 5.73 Å². The van der Waals surface area contributed by atoms with E-state index in [1.54, 1.807) is 4.90 Å². The van der Waals surface area contributed by atoms with Crippen molar-refractivity contribution >= 4 is 43.7 Å². The summed E-state index contributed by atoms with van der Waals surface area (Å²) in [7, 11) is 0. The molecule has 1 aromatic carbocycles. The second-order valence-electron chi connectivity index (χ2n) is 4.09. The van der Waals surface area contributed by atoms with Gasteiger partial charge in [0.2, 0.25) is 0 Å². The third-order valence-electron chi connectivity index (χ3n) is 2.79. The number of carbonyl (C=O) groups excluding carboxylic acids is 1. The summed E-state index contributed by atoms with van der Waals surface area (Å²) in [5.74, 6) is 0.364. The van der Waals surface area contributed by atoms with Crippen LogP contribution in [-0.4, -0.2) is 23.3 Å². The Morgan fingerprint density at radius 3 is 2.72 bits per heavy atom. The van der Waals surface area contributed by atoms with Crippen LogP contribution in [0.5, 0.6) is 0 Å². The molecule has 6 heteroatoms. The topological polar surface area (TPSA) is 58.7 Å². The van der Waals surface area contributed by atoms with E-state index in [1.807, 2.05) is 25.1 Å². The molecule has 1 heterocycles. The van der Waals surface area contributed by atoms with Crippen LogP contribution in [0.4, 0.5) is 4.79 Å². The Morgan fingerprint density at radius 2 is 2.11 bits per heavy atom. The van der Waals surface area contributed by atoms with Crippen LogP contribution in [0.15, 0.2) is 32.1 Å². The van der Waals surface area contributed by atoms with E-state index in [0.29, 0.717) is 12.4 Å². The summed E-state index contributed by atoms with van der Waals surface area (Å²) < 4.78 is 1.90. The Hall–Kier alpha value is -0.880. The highest BCUT2D eigenvalue weighted by atomic mass is 79.9. The van der Waals surface area contributed by atoms with Gasteiger partial charge in [-0.25, -0.2) is 4.79 Å². The standard InChI is InChI=1S/C12H13Br2N3O/c1-2-5-17-10(11(15)16-12(17)18)7-3-4-8(13)9(14)6-7/h3-4,6,10H,2,5H2,1H3,(H2,15,16,18). The minimum Gasteiger partial charge on any atom is -0.385 e. The molecule has 0 spiro atoms. The van der Waals surface area contributed by atoms with E-state index in [0.717, 1.165) is 20.9 Å². The molecule has 0 radical (unpaired) electrons. The van der Waals surface area contributed by atoms with Gasteiger partial charge in [0.1, 0.15) is 11.9 Å². The van der Waals surface area contributed by atoms with Gasteiger partial charge in [0.25, 0.3) is 0 Å². The number of amidine groups is 1. The summed E-state index contributed by atoms with van der Waals surface area (Å²) in [4.78, 5) is 17.3. The fraction of sp³-hybridized carbons (Fsp3) is 0.333. The second-order valence-corrected chi connectivity index (χ2v) is 5.80. The number of nitrogens with two attached hydrogens (primary N) is 1. The molecule has 96 valence electrons. The minimum atomic E-state index is -0.251. The largest absolute Gasteiger partial charge is 0.385 e. The molecule has 2 N–H and O–H groups in total. The maximum Gasteiger partial charge on any atom is 0.346 e. The zero-order valence-electron chi connectivity index (χ0n) is 9.86. The van der Waals surface area contributed by atoms with Crippen LogP contribution in [0.25, 0.3) is 0 Å². The molecular weight excluding hydrogens is 362 g/mol. The predicted molar refractivity (Wildman–Crippen MR) is 78.6 cm³/mol. The van der Waals surface area contributed by atoms with Crippen molar-refractivity contribution in [2.75, 3.05) is 6.54 Å². The molecule has 0 saturated heterocycles. The molecule has 1 unspecified atom stereocenters. The lowest BCUT2D eigenvalue weighted by Gasteiger charge is -2.24. The Labute approximate surface area is 123 Å². The average Bonchev–Trinajstić information content (AvgIpc) is 2.59. The quantitative estimate of drug-likeness (QED) is 0.880. The molecule has 0 saturated carbocycles. The molecule has 0 aliphatic carbocycles. The molecule has 0 aromatic heterocycles. The summed E-state index contributed by atoms with van der Waals surface area (Å²) in [6.07, 6.45) is 0.878. The van der Waals surface area contributed by atoms with E-state index < -0.39 is 0 Å². The average molecular weight is 375 g/mol. The molecule has 1 aliphatic rings. The van der Waals surface area contributed by atoms with Gasteiger partial charge >= 0.3 is 6.03 Å². The molecule has 1 atom stereocenters. The van der Waals surface area contributed by atoms with Gasteiger partial charge in [0.05, 0.1) is 0 Å². The van der Waals surface area contributed by atoms with Crippen LogP contribution in [0, 0.1) is 0 Å². The smallest absolute Gasteiger partial charge is 0.346 e. The maximum absolute atomic E-state index is 11.7. The number of aliphatic imine (C=N–C) groups is 1. The highest BCUT2D eigenvalue weighted by Crippen LogP contribution is 2.31. The van der Waals surface area contributed by atoms with E-state index >= 15 is 0 Å². The van der Waals surface area contributed by atoms with Crippen molar-refractivity contribution < 1.29 is 4.79 Å². The molecule has 2 rings (SSSR count). The molecule has 1 aromatic rings. The first kappa shape index (κ1) is 13.5. The number of carbonyl (C=O) groups is 1. The Bertz CT molecular complexity index is 516. The molecule has 0 bridgehead atoms.